The summed E-state index contributed by atoms with van der Waals surface area (Å²) in [5.74, 6) is -1.34. The van der Waals surface area contributed by atoms with Crippen LogP contribution in [0.15, 0.2) is 77.7 Å². The molecule has 0 bridgehead atoms. The van der Waals surface area contributed by atoms with E-state index in [9.17, 15) is 22.4 Å². The number of hydrogen-bond acceptors (Lipinski definition) is 4. The van der Waals surface area contributed by atoms with Crippen LogP contribution in [0.5, 0.6) is 0 Å². The minimum Gasteiger partial charge on any atom is -0.352 e. The molecule has 9 heteroatoms. The molecule has 4 rings (SSSR count). The van der Waals surface area contributed by atoms with Crippen LogP contribution >= 0.6 is 0 Å². The van der Waals surface area contributed by atoms with E-state index in [2.05, 4.69) is 5.32 Å². The number of amides is 2. The lowest BCUT2D eigenvalue weighted by atomic mass is 9.95. The van der Waals surface area contributed by atoms with Crippen LogP contribution in [0.4, 0.5) is 10.1 Å². The first-order chi connectivity index (χ1) is 19.6. The van der Waals surface area contributed by atoms with Crippen LogP contribution in [0.3, 0.4) is 0 Å². The summed E-state index contributed by atoms with van der Waals surface area (Å²) in [4.78, 5) is 28.9. The van der Waals surface area contributed by atoms with E-state index >= 15 is 0 Å². The number of nitrogens with zero attached hydrogens (tertiary/aromatic N) is 2. The zero-order valence-corrected chi connectivity index (χ0v) is 24.7. The molecule has 7 nitrogen and oxygen atoms in total. The summed E-state index contributed by atoms with van der Waals surface area (Å²) in [6.45, 7) is 5.02. The lowest BCUT2D eigenvalue weighted by Gasteiger charge is -2.33. The average molecular weight is 580 g/mol. The normalized spacial score (nSPS) is 14.7. The number of carbonyl (C=O) groups excluding carboxylic acids is 2. The third-order valence-corrected chi connectivity index (χ3v) is 9.51. The van der Waals surface area contributed by atoms with Crippen LogP contribution in [0.2, 0.25) is 0 Å². The Balaban J connectivity index is 1.68. The van der Waals surface area contributed by atoms with Crippen molar-refractivity contribution in [2.75, 3.05) is 10.8 Å². The van der Waals surface area contributed by atoms with Crippen molar-refractivity contribution < 1.29 is 22.4 Å². The second kappa shape index (κ2) is 13.3. The van der Waals surface area contributed by atoms with Gasteiger partial charge in [-0.25, -0.2) is 12.8 Å². The Labute approximate surface area is 242 Å². The van der Waals surface area contributed by atoms with Gasteiger partial charge in [-0.3, -0.25) is 13.9 Å². The predicted molar refractivity (Wildman–Crippen MR) is 158 cm³/mol. The molecule has 218 valence electrons. The highest BCUT2D eigenvalue weighted by Crippen LogP contribution is 2.26. The van der Waals surface area contributed by atoms with Gasteiger partial charge in [0.25, 0.3) is 10.0 Å². The molecular weight excluding hydrogens is 541 g/mol. The van der Waals surface area contributed by atoms with Crippen LogP contribution in [0.25, 0.3) is 0 Å². The van der Waals surface area contributed by atoms with Crippen molar-refractivity contribution in [3.05, 3.63) is 95.3 Å². The molecule has 3 aromatic carbocycles. The fourth-order valence-corrected chi connectivity index (χ4v) is 6.51. The van der Waals surface area contributed by atoms with Crippen molar-refractivity contribution >= 4 is 27.5 Å². The number of sulfonamides is 1. The van der Waals surface area contributed by atoms with Crippen LogP contribution in [-0.4, -0.2) is 43.8 Å². The Bertz CT molecular complexity index is 1450. The molecule has 2 amide bonds. The van der Waals surface area contributed by atoms with Gasteiger partial charge in [0.05, 0.1) is 10.6 Å². The van der Waals surface area contributed by atoms with E-state index in [1.807, 2.05) is 38.1 Å². The molecule has 1 N–H and O–H groups in total. The van der Waals surface area contributed by atoms with Gasteiger partial charge in [-0.2, -0.15) is 0 Å². The first-order valence-corrected chi connectivity index (χ1v) is 15.5. The van der Waals surface area contributed by atoms with Gasteiger partial charge < -0.3 is 10.2 Å². The minimum atomic E-state index is -4.20. The number of nitrogens with one attached hydrogen (secondary N) is 1. The van der Waals surface area contributed by atoms with Crippen molar-refractivity contribution in [2.24, 2.45) is 0 Å². The molecular formula is C32H38FN3O4S. The minimum absolute atomic E-state index is 0.00812. The van der Waals surface area contributed by atoms with E-state index in [0.717, 1.165) is 65.2 Å². The van der Waals surface area contributed by atoms with E-state index in [1.54, 1.807) is 19.1 Å². The van der Waals surface area contributed by atoms with Gasteiger partial charge in [0.15, 0.2) is 0 Å². The van der Waals surface area contributed by atoms with Crippen molar-refractivity contribution in [1.82, 2.24) is 10.2 Å². The summed E-state index contributed by atoms with van der Waals surface area (Å²) in [5.41, 5.74) is 2.84. The van der Waals surface area contributed by atoms with Crippen molar-refractivity contribution in [1.29, 1.82) is 0 Å². The van der Waals surface area contributed by atoms with Gasteiger partial charge in [-0.15, -0.1) is 0 Å². The number of anilines is 1. The summed E-state index contributed by atoms with van der Waals surface area (Å²) in [6, 6.07) is 18.1. The number of hydrogen-bond donors (Lipinski definition) is 1. The average Bonchev–Trinajstić information content (AvgIpc) is 2.96. The van der Waals surface area contributed by atoms with E-state index in [0.29, 0.717) is 0 Å². The van der Waals surface area contributed by atoms with Gasteiger partial charge >= 0.3 is 0 Å². The molecule has 0 spiro atoms. The smallest absolute Gasteiger partial charge is 0.264 e. The molecule has 0 radical (unpaired) electrons. The molecule has 0 heterocycles. The quantitative estimate of drug-likeness (QED) is 0.344. The van der Waals surface area contributed by atoms with E-state index in [-0.39, 0.29) is 29.1 Å². The molecule has 0 unspecified atom stereocenters. The van der Waals surface area contributed by atoms with Crippen LogP contribution in [0.1, 0.15) is 55.7 Å². The number of carbonyl (C=O) groups is 2. The summed E-state index contributed by atoms with van der Waals surface area (Å²) >= 11 is 0. The van der Waals surface area contributed by atoms with Crippen LogP contribution in [-0.2, 0) is 26.2 Å². The maximum atomic E-state index is 14.0. The fourth-order valence-electron chi connectivity index (χ4n) is 5.10. The first kappa shape index (κ1) is 30.2. The Morgan fingerprint density at radius 1 is 0.927 bits per heavy atom. The van der Waals surface area contributed by atoms with E-state index in [4.69, 9.17) is 0 Å². The van der Waals surface area contributed by atoms with Gasteiger partial charge in [0.1, 0.15) is 18.4 Å². The molecule has 0 aliphatic heterocycles. The number of benzene rings is 3. The molecule has 1 fully saturated rings. The SMILES string of the molecule is Cc1ccc(S(=O)(=O)N(CC(=O)N(Cc2ccccc2C)[C@H](C)C(=O)NC2CCCCC2)c2ccc(F)cc2)cc1. The maximum Gasteiger partial charge on any atom is 0.264 e. The summed E-state index contributed by atoms with van der Waals surface area (Å²) < 4.78 is 42.5. The highest BCUT2D eigenvalue weighted by Gasteiger charge is 2.33. The second-order valence-corrected chi connectivity index (χ2v) is 12.6. The number of rotatable bonds is 10. The summed E-state index contributed by atoms with van der Waals surface area (Å²) in [5, 5.41) is 3.10. The largest absolute Gasteiger partial charge is 0.352 e. The van der Waals surface area contributed by atoms with Gasteiger partial charge in [-0.05, 0) is 81.1 Å². The molecule has 0 aromatic heterocycles. The third kappa shape index (κ3) is 7.52. The second-order valence-electron chi connectivity index (χ2n) is 10.8. The Hall–Kier alpha value is -3.72. The molecule has 0 saturated heterocycles. The highest BCUT2D eigenvalue weighted by molar-refractivity contribution is 7.92. The molecule has 1 aliphatic carbocycles. The molecule has 3 aromatic rings. The van der Waals surface area contributed by atoms with Gasteiger partial charge in [0.2, 0.25) is 11.8 Å². The number of aryl methyl sites for hydroxylation is 2. The van der Waals surface area contributed by atoms with E-state index < -0.39 is 34.3 Å². The lowest BCUT2D eigenvalue weighted by Crippen LogP contribution is -2.53. The zero-order chi connectivity index (χ0) is 29.6. The first-order valence-electron chi connectivity index (χ1n) is 14.1. The Morgan fingerprint density at radius 2 is 1.56 bits per heavy atom. The number of halogens is 1. The predicted octanol–water partition coefficient (Wildman–Crippen LogP) is 5.50. The zero-order valence-electron chi connectivity index (χ0n) is 23.8. The Morgan fingerprint density at radius 3 is 2.20 bits per heavy atom. The highest BCUT2D eigenvalue weighted by atomic mass is 32.2. The molecule has 41 heavy (non-hydrogen) atoms. The fraction of sp³-hybridized carbons (Fsp3) is 0.375. The van der Waals surface area contributed by atoms with Crippen molar-refractivity contribution in [3.63, 3.8) is 0 Å². The maximum absolute atomic E-state index is 14.0. The third-order valence-electron chi connectivity index (χ3n) is 7.72. The van der Waals surface area contributed by atoms with Gasteiger partial charge in [-0.1, -0.05) is 61.2 Å². The topological polar surface area (TPSA) is 86.8 Å². The van der Waals surface area contributed by atoms with Crippen LogP contribution in [0, 0.1) is 19.7 Å². The lowest BCUT2D eigenvalue weighted by molar-refractivity contribution is -0.139. The molecule has 1 aliphatic rings. The molecule has 1 atom stereocenters. The van der Waals surface area contributed by atoms with Crippen molar-refractivity contribution in [2.45, 2.75) is 76.4 Å². The summed E-state index contributed by atoms with van der Waals surface area (Å²) in [6.07, 6.45) is 5.05. The van der Waals surface area contributed by atoms with Gasteiger partial charge in [0, 0.05) is 12.6 Å². The van der Waals surface area contributed by atoms with Crippen molar-refractivity contribution in [3.8, 4) is 0 Å². The van der Waals surface area contributed by atoms with Crippen LogP contribution < -0.4 is 9.62 Å². The van der Waals surface area contributed by atoms with E-state index in [1.165, 1.54) is 29.2 Å². The Kier molecular flexibility index (Phi) is 9.81. The standard InChI is InChI=1S/C32H38FN3O4S/c1-23-13-19-30(20-14-23)41(39,40)36(29-17-15-27(33)16-18-29)22-31(37)35(21-26-10-8-7-9-24(26)2)25(3)32(38)34-28-11-5-4-6-12-28/h7-10,13-20,25,28H,4-6,11-12,21-22H2,1-3H3,(H,34,38)/t25-/m1/s1. The monoisotopic (exact) mass is 579 g/mol. The molecule has 1 saturated carbocycles. The summed E-state index contributed by atoms with van der Waals surface area (Å²) in [7, 11) is -4.20.